The van der Waals surface area contributed by atoms with Gasteiger partial charge in [0.25, 0.3) is 0 Å². The van der Waals surface area contributed by atoms with Crippen LogP contribution in [-0.2, 0) is 0 Å². The van der Waals surface area contributed by atoms with Gasteiger partial charge >= 0.3 is 0 Å². The second-order valence-electron chi connectivity index (χ2n) is 6.18. The molecule has 0 amide bonds. The fourth-order valence-electron chi connectivity index (χ4n) is 3.05. The highest BCUT2D eigenvalue weighted by atomic mass is 35.5. The Morgan fingerprint density at radius 2 is 1.63 bits per heavy atom. The van der Waals surface area contributed by atoms with E-state index < -0.39 is 8.80 Å². The summed E-state index contributed by atoms with van der Waals surface area (Å²) in [5.74, 6) is 0.636. The number of hydrogen-bond donors (Lipinski definition) is 0. The fraction of sp³-hybridized carbons (Fsp3) is 0.0455. The molecule has 0 unspecified atom stereocenters. The molecule has 1 heterocycles. The summed E-state index contributed by atoms with van der Waals surface area (Å²) in [5, 5.41) is 2.88. The molecule has 2 nitrogen and oxygen atoms in total. The number of hydrogen-bond acceptors (Lipinski definition) is 2. The zero-order valence-corrected chi connectivity index (χ0v) is 16.4. The van der Waals surface area contributed by atoms with Crippen LogP contribution < -0.4 is 15.1 Å². The minimum atomic E-state index is -1.34. The molecule has 1 aromatic heterocycles. The third-order valence-electron chi connectivity index (χ3n) is 4.42. The van der Waals surface area contributed by atoms with Gasteiger partial charge in [-0.15, -0.1) is 0 Å². The minimum absolute atomic E-state index is 0.258. The summed E-state index contributed by atoms with van der Waals surface area (Å²) in [6.07, 6.45) is 0. The third kappa shape index (κ3) is 3.59. The van der Waals surface area contributed by atoms with Crippen LogP contribution in [0, 0.1) is 5.82 Å². The smallest absolute Gasteiger partial charge is 0.172 e. The standard InChI is InChI=1S/C22H16ClFNOSi/c1-27(16-9-3-2-4-10-16)21-17(24)11-7-13-19(21)26-20-14-15-8-5-6-12-18(15)25-22(20)23/h2-14H,1H3. The average Bonchev–Trinajstić information content (AvgIpc) is 2.69. The first-order valence-corrected chi connectivity index (χ1v) is 10.9. The molecule has 0 fully saturated rings. The van der Waals surface area contributed by atoms with Gasteiger partial charge in [-0.05, 0) is 24.3 Å². The van der Waals surface area contributed by atoms with Crippen molar-refractivity contribution in [2.75, 3.05) is 0 Å². The molecule has 0 aliphatic heterocycles. The van der Waals surface area contributed by atoms with E-state index in [0.717, 1.165) is 16.1 Å². The van der Waals surface area contributed by atoms with Crippen LogP contribution >= 0.6 is 11.6 Å². The van der Waals surface area contributed by atoms with Crippen molar-refractivity contribution in [2.45, 2.75) is 6.55 Å². The largest absolute Gasteiger partial charge is 0.454 e. The molecule has 0 spiro atoms. The van der Waals surface area contributed by atoms with Crippen molar-refractivity contribution >= 4 is 41.7 Å². The second kappa shape index (κ2) is 7.51. The van der Waals surface area contributed by atoms with E-state index in [4.69, 9.17) is 16.3 Å². The van der Waals surface area contributed by atoms with Gasteiger partial charge in [0, 0.05) is 10.6 Å². The molecular formula is C22H16ClFNOSi. The summed E-state index contributed by atoms with van der Waals surface area (Å²) < 4.78 is 20.8. The van der Waals surface area contributed by atoms with Gasteiger partial charge in [0.2, 0.25) is 0 Å². The predicted octanol–water partition coefficient (Wildman–Crippen LogP) is 5.06. The normalized spacial score (nSPS) is 11.1. The Morgan fingerprint density at radius 1 is 0.889 bits per heavy atom. The molecule has 0 saturated heterocycles. The summed E-state index contributed by atoms with van der Waals surface area (Å²) in [4.78, 5) is 4.38. The van der Waals surface area contributed by atoms with Crippen LogP contribution in [0.25, 0.3) is 10.9 Å². The quantitative estimate of drug-likeness (QED) is 0.358. The number of benzene rings is 3. The van der Waals surface area contributed by atoms with Crippen LogP contribution in [0.5, 0.6) is 11.5 Å². The molecule has 4 aromatic rings. The van der Waals surface area contributed by atoms with Crippen molar-refractivity contribution in [2.24, 2.45) is 0 Å². The van der Waals surface area contributed by atoms with Gasteiger partial charge in [-0.25, -0.2) is 9.37 Å². The zero-order chi connectivity index (χ0) is 18.8. The van der Waals surface area contributed by atoms with Gasteiger partial charge in [-0.3, -0.25) is 0 Å². The highest BCUT2D eigenvalue weighted by Gasteiger charge is 2.21. The lowest BCUT2D eigenvalue weighted by Gasteiger charge is -2.17. The Hall–Kier alpha value is -2.69. The van der Waals surface area contributed by atoms with Crippen molar-refractivity contribution in [1.82, 2.24) is 4.98 Å². The number of ether oxygens (including phenoxy) is 1. The van der Waals surface area contributed by atoms with Crippen LogP contribution in [0.15, 0.2) is 78.9 Å². The van der Waals surface area contributed by atoms with Crippen molar-refractivity contribution < 1.29 is 9.13 Å². The van der Waals surface area contributed by atoms with Gasteiger partial charge in [0.05, 0.1) is 5.52 Å². The Morgan fingerprint density at radius 3 is 2.44 bits per heavy atom. The van der Waals surface area contributed by atoms with Crippen LogP contribution in [0.1, 0.15) is 0 Å². The molecule has 0 N–H and O–H groups in total. The average molecular weight is 393 g/mol. The molecule has 1 radical (unpaired) electrons. The number of aromatic nitrogens is 1. The van der Waals surface area contributed by atoms with Gasteiger partial charge < -0.3 is 4.74 Å². The van der Waals surface area contributed by atoms with Crippen LogP contribution in [0.2, 0.25) is 11.7 Å². The van der Waals surface area contributed by atoms with Crippen molar-refractivity contribution in [3.63, 3.8) is 0 Å². The number of rotatable bonds is 4. The maximum atomic E-state index is 14.7. The Kier molecular flexibility index (Phi) is 4.92. The molecule has 0 aliphatic carbocycles. The first-order chi connectivity index (χ1) is 13.1. The molecule has 27 heavy (non-hydrogen) atoms. The second-order valence-corrected chi connectivity index (χ2v) is 8.86. The van der Waals surface area contributed by atoms with Crippen LogP contribution in [0.3, 0.4) is 0 Å². The molecule has 0 atom stereocenters. The molecule has 3 aromatic carbocycles. The fourth-order valence-corrected chi connectivity index (χ4v) is 5.16. The Balaban J connectivity index is 1.77. The minimum Gasteiger partial charge on any atom is -0.454 e. The molecule has 0 bridgehead atoms. The molecule has 0 aliphatic rings. The third-order valence-corrected chi connectivity index (χ3v) is 7.13. The molecule has 133 valence electrons. The maximum Gasteiger partial charge on any atom is 0.172 e. The van der Waals surface area contributed by atoms with Gasteiger partial charge in [0.15, 0.2) is 10.9 Å². The summed E-state index contributed by atoms with van der Waals surface area (Å²) in [5.41, 5.74) is 0.791. The van der Waals surface area contributed by atoms with E-state index in [1.165, 1.54) is 6.07 Å². The summed E-state index contributed by atoms with van der Waals surface area (Å²) in [6.45, 7) is 2.06. The monoisotopic (exact) mass is 392 g/mol. The van der Waals surface area contributed by atoms with E-state index in [2.05, 4.69) is 11.5 Å². The molecule has 4 rings (SSSR count). The first kappa shape index (κ1) is 17.7. The van der Waals surface area contributed by atoms with Gasteiger partial charge in [-0.2, -0.15) is 0 Å². The lowest BCUT2D eigenvalue weighted by molar-refractivity contribution is 0.481. The maximum absolute atomic E-state index is 14.7. The molecule has 0 saturated carbocycles. The van der Waals surface area contributed by atoms with E-state index in [0.29, 0.717) is 16.7 Å². The highest BCUT2D eigenvalue weighted by molar-refractivity contribution is 6.84. The topological polar surface area (TPSA) is 22.1 Å². The number of pyridine rings is 1. The van der Waals surface area contributed by atoms with Crippen molar-refractivity contribution in [3.05, 3.63) is 89.8 Å². The van der Waals surface area contributed by atoms with E-state index in [1.54, 1.807) is 12.1 Å². The highest BCUT2D eigenvalue weighted by Crippen LogP contribution is 2.31. The SMILES string of the molecule is C[Si](c1ccccc1)c1c(F)cccc1Oc1cc2ccccc2nc1Cl. The number of halogens is 2. The summed E-state index contributed by atoms with van der Waals surface area (Å²) >= 11 is 6.32. The summed E-state index contributed by atoms with van der Waals surface area (Å²) in [7, 11) is -1.34. The molecule has 5 heteroatoms. The van der Waals surface area contributed by atoms with Crippen molar-refractivity contribution in [1.29, 1.82) is 0 Å². The molecular weight excluding hydrogens is 377 g/mol. The lowest BCUT2D eigenvalue weighted by Crippen LogP contribution is -2.41. The zero-order valence-electron chi connectivity index (χ0n) is 14.6. The van der Waals surface area contributed by atoms with E-state index >= 15 is 0 Å². The lowest BCUT2D eigenvalue weighted by atomic mass is 10.2. The van der Waals surface area contributed by atoms with E-state index in [9.17, 15) is 4.39 Å². The van der Waals surface area contributed by atoms with Gasteiger partial charge in [0.1, 0.15) is 20.4 Å². The Bertz CT molecular complexity index is 1100. The summed E-state index contributed by atoms with van der Waals surface area (Å²) in [6, 6.07) is 24.3. The Labute approximate surface area is 163 Å². The van der Waals surface area contributed by atoms with Crippen molar-refractivity contribution in [3.8, 4) is 11.5 Å². The first-order valence-electron chi connectivity index (χ1n) is 8.54. The van der Waals surface area contributed by atoms with Gasteiger partial charge in [-0.1, -0.05) is 77.9 Å². The van der Waals surface area contributed by atoms with Crippen LogP contribution in [-0.4, -0.2) is 13.8 Å². The van der Waals surface area contributed by atoms with Crippen LogP contribution in [0.4, 0.5) is 4.39 Å². The predicted molar refractivity (Wildman–Crippen MR) is 111 cm³/mol. The van der Waals surface area contributed by atoms with E-state index in [1.807, 2.05) is 60.7 Å². The number of fused-ring (bicyclic) bond motifs is 1. The number of para-hydroxylation sites is 1. The van der Waals surface area contributed by atoms with E-state index in [-0.39, 0.29) is 11.0 Å². The number of nitrogens with zero attached hydrogens (tertiary/aromatic N) is 1.